The Hall–Kier alpha value is -2.33. The number of carbonyl (C=O) groups is 1. The van der Waals surface area contributed by atoms with Gasteiger partial charge in [0.05, 0.1) is 0 Å². The molecule has 0 spiro atoms. The Morgan fingerprint density at radius 3 is 2.65 bits per heavy atom. The third kappa shape index (κ3) is 1.94. The normalized spacial score (nSPS) is 11.1. The van der Waals surface area contributed by atoms with Crippen molar-refractivity contribution in [1.29, 1.82) is 0 Å². The minimum atomic E-state index is -0.505. The maximum atomic E-state index is 11.3. The first-order valence-corrected chi connectivity index (χ1v) is 6.66. The number of hydrogen-bond acceptors (Lipinski definition) is 2. The van der Waals surface area contributed by atoms with Crippen LogP contribution in [0.15, 0.2) is 42.5 Å². The first-order valence-electron chi connectivity index (χ1n) is 6.66. The zero-order valence-electron chi connectivity index (χ0n) is 11.3. The molecule has 1 amide bonds. The number of nitrogens with one attached hydrogen (secondary N) is 1. The zero-order valence-corrected chi connectivity index (χ0v) is 11.3. The standard InChI is InChI=1S/C16H16N2O2/c1-2-18-14-6-4-3-5-12(14)13-9-11(7-8-15(13)18)17-16(20)10-19/h3-9,19H,2,10H2,1H3,(H,17,20). The Labute approximate surface area is 116 Å². The van der Waals surface area contributed by atoms with Crippen molar-refractivity contribution < 1.29 is 9.90 Å². The van der Waals surface area contributed by atoms with E-state index in [9.17, 15) is 4.79 Å². The third-order valence-electron chi connectivity index (χ3n) is 3.52. The molecule has 0 aliphatic heterocycles. The number of rotatable bonds is 3. The summed E-state index contributed by atoms with van der Waals surface area (Å²) in [7, 11) is 0. The second kappa shape index (κ2) is 4.98. The number of carbonyl (C=O) groups excluding carboxylic acids is 1. The fourth-order valence-electron chi connectivity index (χ4n) is 2.67. The third-order valence-corrected chi connectivity index (χ3v) is 3.52. The van der Waals surface area contributed by atoms with Crippen molar-refractivity contribution in [3.05, 3.63) is 42.5 Å². The molecule has 4 nitrogen and oxygen atoms in total. The van der Waals surface area contributed by atoms with Gasteiger partial charge >= 0.3 is 0 Å². The van der Waals surface area contributed by atoms with E-state index in [0.29, 0.717) is 5.69 Å². The molecule has 0 aliphatic rings. The first kappa shape index (κ1) is 12.7. The van der Waals surface area contributed by atoms with Crippen LogP contribution >= 0.6 is 0 Å². The van der Waals surface area contributed by atoms with E-state index in [1.807, 2.05) is 30.3 Å². The Bertz CT molecular complexity index is 790. The minimum Gasteiger partial charge on any atom is -0.387 e. The van der Waals surface area contributed by atoms with Crippen LogP contribution in [-0.4, -0.2) is 22.2 Å². The van der Waals surface area contributed by atoms with Crippen LogP contribution in [0.25, 0.3) is 21.8 Å². The molecule has 2 N–H and O–H groups in total. The summed E-state index contributed by atoms with van der Waals surface area (Å²) >= 11 is 0. The lowest BCUT2D eigenvalue weighted by Crippen LogP contribution is -2.15. The second-order valence-electron chi connectivity index (χ2n) is 4.70. The van der Waals surface area contributed by atoms with E-state index >= 15 is 0 Å². The van der Waals surface area contributed by atoms with Crippen LogP contribution < -0.4 is 5.32 Å². The number of aliphatic hydroxyl groups is 1. The molecular weight excluding hydrogens is 252 g/mol. The van der Waals surface area contributed by atoms with Gasteiger partial charge in [0.2, 0.25) is 5.91 Å². The molecule has 102 valence electrons. The number of para-hydroxylation sites is 1. The van der Waals surface area contributed by atoms with Gasteiger partial charge in [-0.05, 0) is 31.2 Å². The van der Waals surface area contributed by atoms with Crippen LogP contribution in [0.2, 0.25) is 0 Å². The van der Waals surface area contributed by atoms with Gasteiger partial charge in [0.1, 0.15) is 6.61 Å². The maximum Gasteiger partial charge on any atom is 0.250 e. The monoisotopic (exact) mass is 268 g/mol. The molecule has 1 heterocycles. The Morgan fingerprint density at radius 2 is 1.90 bits per heavy atom. The highest BCUT2D eigenvalue weighted by atomic mass is 16.3. The molecule has 3 aromatic rings. The van der Waals surface area contributed by atoms with Gasteiger partial charge in [0.15, 0.2) is 0 Å². The van der Waals surface area contributed by atoms with Crippen molar-refractivity contribution in [2.24, 2.45) is 0 Å². The van der Waals surface area contributed by atoms with Crippen molar-refractivity contribution >= 4 is 33.4 Å². The van der Waals surface area contributed by atoms with Gasteiger partial charge in [0.25, 0.3) is 0 Å². The summed E-state index contributed by atoms with van der Waals surface area (Å²) in [6, 6.07) is 14.1. The van der Waals surface area contributed by atoms with Crippen LogP contribution in [0, 0.1) is 0 Å². The lowest BCUT2D eigenvalue weighted by Gasteiger charge is -2.05. The van der Waals surface area contributed by atoms with E-state index < -0.39 is 12.5 Å². The largest absolute Gasteiger partial charge is 0.387 e. The number of anilines is 1. The highest BCUT2D eigenvalue weighted by Gasteiger charge is 2.10. The van der Waals surface area contributed by atoms with Crippen molar-refractivity contribution in [3.63, 3.8) is 0 Å². The molecular formula is C16H16N2O2. The summed E-state index contributed by atoms with van der Waals surface area (Å²) in [4.78, 5) is 11.3. The van der Waals surface area contributed by atoms with Gasteiger partial charge in [-0.15, -0.1) is 0 Å². The van der Waals surface area contributed by atoms with Gasteiger partial charge in [-0.1, -0.05) is 18.2 Å². The van der Waals surface area contributed by atoms with Gasteiger partial charge in [-0.3, -0.25) is 4.79 Å². The molecule has 0 saturated carbocycles. The van der Waals surface area contributed by atoms with E-state index in [4.69, 9.17) is 5.11 Å². The summed E-state index contributed by atoms with van der Waals surface area (Å²) in [6.45, 7) is 2.51. The van der Waals surface area contributed by atoms with Crippen LogP contribution in [0.5, 0.6) is 0 Å². The number of aliphatic hydroxyl groups excluding tert-OH is 1. The number of fused-ring (bicyclic) bond motifs is 3. The highest BCUT2D eigenvalue weighted by molar-refractivity contribution is 6.09. The SMILES string of the molecule is CCn1c2ccccc2c2cc(NC(=O)CO)ccc21. The number of hydrogen-bond donors (Lipinski definition) is 2. The average molecular weight is 268 g/mol. The van der Waals surface area contributed by atoms with E-state index in [0.717, 1.165) is 17.4 Å². The lowest BCUT2D eigenvalue weighted by molar-refractivity contribution is -0.118. The molecule has 1 aromatic heterocycles. The lowest BCUT2D eigenvalue weighted by atomic mass is 10.1. The molecule has 0 fully saturated rings. The maximum absolute atomic E-state index is 11.3. The fraction of sp³-hybridized carbons (Fsp3) is 0.188. The molecule has 3 rings (SSSR count). The summed E-state index contributed by atoms with van der Waals surface area (Å²) in [5.74, 6) is -0.399. The van der Waals surface area contributed by atoms with Gasteiger partial charge < -0.3 is 15.0 Å². The Kier molecular flexibility index (Phi) is 3.16. The molecule has 0 atom stereocenters. The molecule has 2 aromatic carbocycles. The van der Waals surface area contributed by atoms with E-state index in [2.05, 4.69) is 28.9 Å². The van der Waals surface area contributed by atoms with E-state index in [-0.39, 0.29) is 0 Å². The quantitative estimate of drug-likeness (QED) is 0.767. The molecule has 0 saturated heterocycles. The van der Waals surface area contributed by atoms with Crippen molar-refractivity contribution in [3.8, 4) is 0 Å². The van der Waals surface area contributed by atoms with Crippen LogP contribution in [-0.2, 0) is 11.3 Å². The van der Waals surface area contributed by atoms with E-state index in [1.165, 1.54) is 10.9 Å². The van der Waals surface area contributed by atoms with Crippen LogP contribution in [0.3, 0.4) is 0 Å². The summed E-state index contributed by atoms with van der Waals surface area (Å²) in [5, 5.41) is 13.8. The predicted molar refractivity (Wildman–Crippen MR) is 80.8 cm³/mol. The number of nitrogens with zero attached hydrogens (tertiary/aromatic N) is 1. The predicted octanol–water partition coefficient (Wildman–Crippen LogP) is 2.75. The van der Waals surface area contributed by atoms with Gasteiger partial charge in [-0.2, -0.15) is 0 Å². The van der Waals surface area contributed by atoms with Crippen molar-refractivity contribution in [1.82, 2.24) is 4.57 Å². The van der Waals surface area contributed by atoms with Crippen LogP contribution in [0.4, 0.5) is 5.69 Å². The zero-order chi connectivity index (χ0) is 14.1. The molecule has 0 aliphatic carbocycles. The number of aryl methyl sites for hydroxylation is 1. The summed E-state index contributed by atoms with van der Waals surface area (Å²) < 4.78 is 2.25. The molecule has 0 radical (unpaired) electrons. The number of aromatic nitrogens is 1. The smallest absolute Gasteiger partial charge is 0.250 e. The molecule has 0 bridgehead atoms. The number of benzene rings is 2. The molecule has 0 unspecified atom stereocenters. The first-order chi connectivity index (χ1) is 9.74. The summed E-state index contributed by atoms with van der Waals surface area (Å²) in [6.07, 6.45) is 0. The average Bonchev–Trinajstić information content (AvgIpc) is 2.80. The molecule has 20 heavy (non-hydrogen) atoms. The summed E-state index contributed by atoms with van der Waals surface area (Å²) in [5.41, 5.74) is 3.04. The van der Waals surface area contributed by atoms with Gasteiger partial charge in [-0.25, -0.2) is 0 Å². The Morgan fingerprint density at radius 1 is 1.15 bits per heavy atom. The Balaban J connectivity index is 2.23. The van der Waals surface area contributed by atoms with E-state index in [1.54, 1.807) is 0 Å². The second-order valence-corrected chi connectivity index (χ2v) is 4.70. The number of amides is 1. The van der Waals surface area contributed by atoms with Crippen LogP contribution in [0.1, 0.15) is 6.92 Å². The molecule has 4 heteroatoms. The van der Waals surface area contributed by atoms with Crippen molar-refractivity contribution in [2.75, 3.05) is 11.9 Å². The topological polar surface area (TPSA) is 54.3 Å². The fourth-order valence-corrected chi connectivity index (χ4v) is 2.67. The highest BCUT2D eigenvalue weighted by Crippen LogP contribution is 2.30. The van der Waals surface area contributed by atoms with Crippen molar-refractivity contribution in [2.45, 2.75) is 13.5 Å². The minimum absolute atomic E-state index is 0.399. The van der Waals surface area contributed by atoms with Gasteiger partial charge in [0, 0.05) is 34.0 Å².